The Balaban J connectivity index is 1.78. The summed E-state index contributed by atoms with van der Waals surface area (Å²) in [5.74, 6) is 0.306. The van der Waals surface area contributed by atoms with Gasteiger partial charge in [0.1, 0.15) is 0 Å². The van der Waals surface area contributed by atoms with Crippen molar-refractivity contribution in [3.63, 3.8) is 0 Å². The van der Waals surface area contributed by atoms with Crippen molar-refractivity contribution in [3.8, 4) is 11.5 Å². The maximum absolute atomic E-state index is 11.2. The highest BCUT2D eigenvalue weighted by Crippen LogP contribution is 2.42. The van der Waals surface area contributed by atoms with E-state index in [1.165, 1.54) is 6.42 Å². The Kier molecular flexibility index (Phi) is 3.77. The fourth-order valence-electron chi connectivity index (χ4n) is 3.26. The average Bonchev–Trinajstić information content (AvgIpc) is 3.09. The first kappa shape index (κ1) is 13.9. The van der Waals surface area contributed by atoms with Crippen LogP contribution < -0.4 is 0 Å². The lowest BCUT2D eigenvalue weighted by Crippen LogP contribution is -2.29. The maximum atomic E-state index is 11.2. The van der Waals surface area contributed by atoms with Gasteiger partial charge >= 0.3 is 5.97 Å². The van der Waals surface area contributed by atoms with E-state index in [1.807, 2.05) is 12.1 Å². The van der Waals surface area contributed by atoms with E-state index in [9.17, 15) is 9.90 Å². The molecule has 0 unspecified atom stereocenters. The third-order valence-electron chi connectivity index (χ3n) is 4.27. The van der Waals surface area contributed by atoms with Crippen molar-refractivity contribution in [2.24, 2.45) is 5.41 Å². The fourth-order valence-corrected chi connectivity index (χ4v) is 3.26. The summed E-state index contributed by atoms with van der Waals surface area (Å²) in [6, 6.07) is 3.75. The van der Waals surface area contributed by atoms with Crippen LogP contribution in [0.25, 0.3) is 11.5 Å². The van der Waals surface area contributed by atoms with E-state index in [0.29, 0.717) is 18.1 Å². The maximum Gasteiger partial charge on any atom is 0.303 e. The fraction of sp³-hybridized carbons (Fsp3) is 0.533. The highest BCUT2D eigenvalue weighted by Gasteiger charge is 2.36. The molecule has 21 heavy (non-hydrogen) atoms. The molecule has 0 saturated heterocycles. The van der Waals surface area contributed by atoms with Crippen LogP contribution in [0.5, 0.6) is 0 Å². The van der Waals surface area contributed by atoms with Gasteiger partial charge in [0.2, 0.25) is 11.7 Å². The van der Waals surface area contributed by atoms with Crippen LogP contribution in [0.3, 0.4) is 0 Å². The molecule has 1 aliphatic rings. The molecule has 1 saturated carbocycles. The third-order valence-corrected chi connectivity index (χ3v) is 4.27. The molecule has 112 valence electrons. The van der Waals surface area contributed by atoms with Gasteiger partial charge < -0.3 is 14.6 Å². The molecule has 0 amide bonds. The molecule has 2 N–H and O–H groups in total. The third kappa shape index (κ3) is 3.15. The van der Waals surface area contributed by atoms with Gasteiger partial charge in [0.25, 0.3) is 0 Å². The summed E-state index contributed by atoms with van der Waals surface area (Å²) in [6.45, 7) is 0. The zero-order chi connectivity index (χ0) is 14.7. The number of aromatic amines is 1. The second-order valence-electron chi connectivity index (χ2n) is 5.90. The first-order valence-electron chi connectivity index (χ1n) is 7.35. The Bertz CT molecular complexity index is 597. The van der Waals surface area contributed by atoms with E-state index in [0.717, 1.165) is 31.4 Å². The van der Waals surface area contributed by atoms with E-state index in [1.54, 1.807) is 6.20 Å². The van der Waals surface area contributed by atoms with Crippen molar-refractivity contribution in [3.05, 3.63) is 24.2 Å². The highest BCUT2D eigenvalue weighted by molar-refractivity contribution is 5.67. The van der Waals surface area contributed by atoms with Crippen LogP contribution in [0.15, 0.2) is 22.9 Å². The Morgan fingerprint density at radius 1 is 1.38 bits per heavy atom. The zero-order valence-electron chi connectivity index (χ0n) is 11.8. The molecule has 1 fully saturated rings. The number of aliphatic carboxylic acids is 1. The number of aromatic nitrogens is 3. The Labute approximate surface area is 122 Å². The van der Waals surface area contributed by atoms with Gasteiger partial charge in [-0.2, -0.15) is 4.98 Å². The lowest BCUT2D eigenvalue weighted by Gasteiger charge is -2.34. The molecule has 0 aromatic carbocycles. The summed E-state index contributed by atoms with van der Waals surface area (Å²) in [7, 11) is 0. The SMILES string of the molecule is O=C(O)CC1(Cc2nc(-c3ccc[nH]3)no2)CCCCC1. The average molecular weight is 289 g/mol. The van der Waals surface area contributed by atoms with E-state index < -0.39 is 5.97 Å². The van der Waals surface area contributed by atoms with Crippen LogP contribution in [0.4, 0.5) is 0 Å². The summed E-state index contributed by atoms with van der Waals surface area (Å²) < 4.78 is 5.32. The normalized spacial score (nSPS) is 17.7. The Morgan fingerprint density at radius 3 is 2.86 bits per heavy atom. The van der Waals surface area contributed by atoms with Crippen LogP contribution in [0.2, 0.25) is 0 Å². The van der Waals surface area contributed by atoms with Crippen LogP contribution in [0, 0.1) is 5.41 Å². The van der Waals surface area contributed by atoms with Crippen molar-refractivity contribution in [2.45, 2.75) is 44.9 Å². The second kappa shape index (κ2) is 5.71. The summed E-state index contributed by atoms with van der Waals surface area (Å²) >= 11 is 0. The largest absolute Gasteiger partial charge is 0.481 e. The zero-order valence-corrected chi connectivity index (χ0v) is 11.8. The summed E-state index contributed by atoms with van der Waals surface area (Å²) in [6.07, 6.45) is 7.69. The van der Waals surface area contributed by atoms with Gasteiger partial charge in [-0.25, -0.2) is 0 Å². The smallest absolute Gasteiger partial charge is 0.303 e. The summed E-state index contributed by atoms with van der Waals surface area (Å²) in [5.41, 5.74) is 0.574. The number of nitrogens with zero attached hydrogens (tertiary/aromatic N) is 2. The van der Waals surface area contributed by atoms with Gasteiger partial charge in [0.05, 0.1) is 12.1 Å². The van der Waals surface area contributed by atoms with Gasteiger partial charge in [-0.3, -0.25) is 4.79 Å². The molecule has 0 bridgehead atoms. The molecule has 3 rings (SSSR count). The van der Waals surface area contributed by atoms with Gasteiger partial charge in [0.15, 0.2) is 0 Å². The van der Waals surface area contributed by atoms with E-state index in [2.05, 4.69) is 15.1 Å². The van der Waals surface area contributed by atoms with Crippen LogP contribution in [-0.2, 0) is 11.2 Å². The van der Waals surface area contributed by atoms with Gasteiger partial charge in [-0.05, 0) is 30.4 Å². The molecule has 1 aliphatic carbocycles. The molecule has 0 radical (unpaired) electrons. The second-order valence-corrected chi connectivity index (χ2v) is 5.90. The first-order valence-corrected chi connectivity index (χ1v) is 7.35. The van der Waals surface area contributed by atoms with Crippen LogP contribution >= 0.6 is 0 Å². The number of carboxylic acid groups (broad SMARTS) is 1. The predicted molar refractivity (Wildman–Crippen MR) is 75.6 cm³/mol. The van der Waals surface area contributed by atoms with Gasteiger partial charge in [-0.15, -0.1) is 0 Å². The molecular weight excluding hydrogens is 270 g/mol. The van der Waals surface area contributed by atoms with Crippen molar-refractivity contribution >= 4 is 5.97 Å². The number of H-pyrrole nitrogens is 1. The number of hydrogen-bond acceptors (Lipinski definition) is 4. The standard InChI is InChI=1S/C15H19N3O3/c19-13(20)10-15(6-2-1-3-7-15)9-12-17-14(18-21-12)11-5-4-8-16-11/h4-5,8,16H,1-3,6-7,9-10H2,(H,19,20). The Morgan fingerprint density at radius 2 is 2.19 bits per heavy atom. The molecule has 2 aromatic heterocycles. The number of carboxylic acids is 1. The lowest BCUT2D eigenvalue weighted by atomic mass is 9.69. The van der Waals surface area contributed by atoms with Gasteiger partial charge in [-0.1, -0.05) is 24.4 Å². The van der Waals surface area contributed by atoms with Crippen molar-refractivity contribution in [1.29, 1.82) is 0 Å². The van der Waals surface area contributed by atoms with Crippen LogP contribution in [-0.4, -0.2) is 26.2 Å². The molecule has 6 nitrogen and oxygen atoms in total. The minimum absolute atomic E-state index is 0.174. The minimum Gasteiger partial charge on any atom is -0.481 e. The highest BCUT2D eigenvalue weighted by atomic mass is 16.5. The molecule has 2 heterocycles. The summed E-state index contributed by atoms with van der Waals surface area (Å²) in [5, 5.41) is 13.2. The summed E-state index contributed by atoms with van der Waals surface area (Å²) in [4.78, 5) is 18.6. The molecule has 0 aliphatic heterocycles. The first-order chi connectivity index (χ1) is 10.2. The van der Waals surface area contributed by atoms with Gasteiger partial charge in [0, 0.05) is 12.6 Å². The quantitative estimate of drug-likeness (QED) is 0.882. The number of rotatable bonds is 5. The molecule has 2 aromatic rings. The lowest BCUT2D eigenvalue weighted by molar-refractivity contribution is -0.140. The van der Waals surface area contributed by atoms with Crippen LogP contribution in [0.1, 0.15) is 44.4 Å². The number of hydrogen-bond donors (Lipinski definition) is 2. The number of nitrogens with one attached hydrogen (secondary N) is 1. The van der Waals surface area contributed by atoms with Crippen molar-refractivity contribution in [1.82, 2.24) is 15.1 Å². The Hall–Kier alpha value is -2.11. The monoisotopic (exact) mass is 289 g/mol. The molecule has 0 atom stereocenters. The molecular formula is C15H19N3O3. The van der Waals surface area contributed by atoms with E-state index in [4.69, 9.17) is 4.52 Å². The minimum atomic E-state index is -0.749. The van der Waals surface area contributed by atoms with Crippen molar-refractivity contribution in [2.75, 3.05) is 0 Å². The number of carbonyl (C=O) groups is 1. The van der Waals surface area contributed by atoms with Crippen molar-refractivity contribution < 1.29 is 14.4 Å². The topological polar surface area (TPSA) is 92.0 Å². The predicted octanol–water partition coefficient (Wildman–Crippen LogP) is 3.03. The van der Waals surface area contributed by atoms with E-state index >= 15 is 0 Å². The molecule has 6 heteroatoms. The van der Waals surface area contributed by atoms with E-state index in [-0.39, 0.29) is 11.8 Å². The molecule has 0 spiro atoms.